The molecule has 2 aromatic carbocycles. The second kappa shape index (κ2) is 8.50. The van der Waals surface area contributed by atoms with Crippen LogP contribution in [0.1, 0.15) is 39.4 Å². The summed E-state index contributed by atoms with van der Waals surface area (Å²) in [7, 11) is -1.92. The maximum atomic E-state index is 12.7. The minimum atomic E-state index is -3.63. The van der Waals surface area contributed by atoms with Gasteiger partial charge in [-0.1, -0.05) is 42.5 Å². The molecule has 0 saturated heterocycles. The Morgan fingerprint density at radius 3 is 2.23 bits per heavy atom. The van der Waals surface area contributed by atoms with Crippen LogP contribution in [-0.2, 0) is 17.1 Å². The molecule has 8 nitrogen and oxygen atoms in total. The molecule has 0 fully saturated rings. The topological polar surface area (TPSA) is 110 Å². The summed E-state index contributed by atoms with van der Waals surface area (Å²) in [5.74, 6) is -0.984. The number of sulfonamides is 1. The third-order valence-corrected chi connectivity index (χ3v) is 5.04. The third-order valence-electron chi connectivity index (χ3n) is 4.48. The Bertz CT molecular complexity index is 1170. The maximum Gasteiger partial charge on any atom is 0.270 e. The molecular weight excluding hydrogens is 404 g/mol. The van der Waals surface area contributed by atoms with Gasteiger partial charge in [-0.25, -0.2) is 13.1 Å². The van der Waals surface area contributed by atoms with Gasteiger partial charge in [-0.05, 0) is 30.7 Å². The highest BCUT2D eigenvalue weighted by Crippen LogP contribution is 2.19. The van der Waals surface area contributed by atoms with Crippen LogP contribution in [-0.4, -0.2) is 36.3 Å². The van der Waals surface area contributed by atoms with Crippen molar-refractivity contribution in [2.24, 2.45) is 7.05 Å². The van der Waals surface area contributed by atoms with Gasteiger partial charge in [0.05, 0.1) is 18.0 Å². The summed E-state index contributed by atoms with van der Waals surface area (Å²) in [6.45, 7) is 1.82. The molecule has 0 aliphatic carbocycles. The Kier molecular flexibility index (Phi) is 6.02. The van der Waals surface area contributed by atoms with Crippen molar-refractivity contribution in [3.8, 4) is 11.3 Å². The van der Waals surface area contributed by atoms with Gasteiger partial charge in [0.1, 0.15) is 5.69 Å². The van der Waals surface area contributed by atoms with Crippen LogP contribution < -0.4 is 10.0 Å². The Labute approximate surface area is 175 Å². The molecule has 0 aliphatic rings. The minimum absolute atomic E-state index is 0.210. The van der Waals surface area contributed by atoms with E-state index in [2.05, 4.69) is 10.4 Å². The van der Waals surface area contributed by atoms with Crippen LogP contribution in [0.2, 0.25) is 0 Å². The van der Waals surface area contributed by atoms with Gasteiger partial charge in [-0.2, -0.15) is 5.10 Å². The quantitative estimate of drug-likeness (QED) is 0.628. The summed E-state index contributed by atoms with van der Waals surface area (Å²) in [6.07, 6.45) is 0.915. The van der Waals surface area contributed by atoms with Gasteiger partial charge in [0.2, 0.25) is 10.0 Å². The molecule has 0 unspecified atom stereocenters. The van der Waals surface area contributed by atoms with Gasteiger partial charge >= 0.3 is 0 Å². The SMILES string of the molecule is C[C@@H](NC(=O)c1cc(-c2ccccc2)nn1C)c1ccc(C(=O)NS(C)(=O)=O)cc1. The van der Waals surface area contributed by atoms with Crippen LogP contribution in [0.4, 0.5) is 0 Å². The fourth-order valence-electron chi connectivity index (χ4n) is 2.93. The molecule has 0 saturated carbocycles. The van der Waals surface area contributed by atoms with Gasteiger partial charge < -0.3 is 5.32 Å². The van der Waals surface area contributed by atoms with Crippen molar-refractivity contribution in [3.05, 3.63) is 77.5 Å². The van der Waals surface area contributed by atoms with Crippen molar-refractivity contribution in [2.75, 3.05) is 6.26 Å². The summed E-state index contributed by atoms with van der Waals surface area (Å²) in [5.41, 5.74) is 3.02. The highest BCUT2D eigenvalue weighted by molar-refractivity contribution is 7.89. The first kappa shape index (κ1) is 21.3. The lowest BCUT2D eigenvalue weighted by Crippen LogP contribution is -2.30. The number of nitrogens with zero attached hydrogens (tertiary/aromatic N) is 2. The molecule has 1 heterocycles. The number of carbonyl (C=O) groups excluding carboxylic acids is 2. The van der Waals surface area contributed by atoms with E-state index in [1.54, 1.807) is 25.2 Å². The van der Waals surface area contributed by atoms with E-state index in [4.69, 9.17) is 0 Å². The second-order valence-electron chi connectivity index (χ2n) is 6.92. The highest BCUT2D eigenvalue weighted by atomic mass is 32.2. The molecule has 0 spiro atoms. The lowest BCUT2D eigenvalue weighted by molar-refractivity contribution is 0.0928. The predicted octanol–water partition coefficient (Wildman–Crippen LogP) is 2.27. The van der Waals surface area contributed by atoms with Gasteiger partial charge in [0.15, 0.2) is 0 Å². The van der Waals surface area contributed by atoms with Crippen LogP contribution in [0.25, 0.3) is 11.3 Å². The first-order valence-electron chi connectivity index (χ1n) is 9.16. The zero-order chi connectivity index (χ0) is 21.9. The molecule has 30 heavy (non-hydrogen) atoms. The number of carbonyl (C=O) groups is 2. The van der Waals surface area contributed by atoms with Crippen LogP contribution in [0, 0.1) is 0 Å². The maximum absolute atomic E-state index is 12.7. The van der Waals surface area contributed by atoms with Crippen molar-refractivity contribution >= 4 is 21.8 Å². The van der Waals surface area contributed by atoms with E-state index < -0.39 is 15.9 Å². The molecule has 2 amide bonds. The van der Waals surface area contributed by atoms with E-state index in [0.717, 1.165) is 17.4 Å². The third kappa shape index (κ3) is 5.12. The number of benzene rings is 2. The normalized spacial score (nSPS) is 12.2. The van der Waals surface area contributed by atoms with E-state index in [1.165, 1.54) is 16.8 Å². The Hall–Kier alpha value is -3.46. The zero-order valence-corrected chi connectivity index (χ0v) is 17.6. The minimum Gasteiger partial charge on any atom is -0.344 e. The Morgan fingerprint density at radius 2 is 1.63 bits per heavy atom. The van der Waals surface area contributed by atoms with Crippen molar-refractivity contribution in [2.45, 2.75) is 13.0 Å². The summed E-state index contributed by atoms with van der Waals surface area (Å²) in [4.78, 5) is 24.6. The molecule has 3 rings (SSSR count). The zero-order valence-electron chi connectivity index (χ0n) is 16.8. The Balaban J connectivity index is 1.70. The van der Waals surface area contributed by atoms with Gasteiger partial charge in [0.25, 0.3) is 11.8 Å². The first-order valence-corrected chi connectivity index (χ1v) is 11.1. The van der Waals surface area contributed by atoms with Crippen LogP contribution >= 0.6 is 0 Å². The summed E-state index contributed by atoms with van der Waals surface area (Å²) in [5, 5.41) is 7.31. The number of aryl methyl sites for hydroxylation is 1. The number of rotatable bonds is 6. The number of nitrogens with one attached hydrogen (secondary N) is 2. The molecule has 0 aliphatic heterocycles. The van der Waals surface area contributed by atoms with Crippen LogP contribution in [0.15, 0.2) is 60.7 Å². The molecule has 3 aromatic rings. The van der Waals surface area contributed by atoms with Crippen molar-refractivity contribution in [3.63, 3.8) is 0 Å². The molecule has 0 radical (unpaired) electrons. The van der Waals surface area contributed by atoms with E-state index >= 15 is 0 Å². The molecule has 1 aromatic heterocycles. The first-order chi connectivity index (χ1) is 14.1. The smallest absolute Gasteiger partial charge is 0.270 e. The molecule has 1 atom stereocenters. The lowest BCUT2D eigenvalue weighted by atomic mass is 10.1. The molecule has 156 valence electrons. The highest BCUT2D eigenvalue weighted by Gasteiger charge is 2.18. The van der Waals surface area contributed by atoms with Crippen molar-refractivity contribution in [1.29, 1.82) is 0 Å². The summed E-state index contributed by atoms with van der Waals surface area (Å²) < 4.78 is 25.8. The number of hydrogen-bond acceptors (Lipinski definition) is 5. The van der Waals surface area contributed by atoms with Crippen LogP contribution in [0.3, 0.4) is 0 Å². The van der Waals surface area contributed by atoms with E-state index in [-0.39, 0.29) is 17.5 Å². The average Bonchev–Trinajstić information content (AvgIpc) is 3.09. The van der Waals surface area contributed by atoms with Gasteiger partial charge in [0, 0.05) is 18.2 Å². The van der Waals surface area contributed by atoms with Crippen molar-refractivity contribution < 1.29 is 18.0 Å². The van der Waals surface area contributed by atoms with Crippen molar-refractivity contribution in [1.82, 2.24) is 19.8 Å². The standard InChI is InChI=1S/C21H22N4O4S/c1-14(15-9-11-17(12-10-15)20(26)24-30(3,28)29)22-21(27)19-13-18(23-25(19)2)16-7-5-4-6-8-16/h4-14H,1-3H3,(H,22,27)(H,24,26)/t14-/m1/s1. The molecular formula is C21H22N4O4S. The summed E-state index contributed by atoms with van der Waals surface area (Å²) in [6, 6.07) is 17.3. The number of amides is 2. The molecule has 9 heteroatoms. The monoisotopic (exact) mass is 426 g/mol. The largest absolute Gasteiger partial charge is 0.344 e. The number of hydrogen-bond donors (Lipinski definition) is 2. The summed E-state index contributed by atoms with van der Waals surface area (Å²) >= 11 is 0. The lowest BCUT2D eigenvalue weighted by Gasteiger charge is -2.15. The van der Waals surface area contributed by atoms with E-state index in [0.29, 0.717) is 11.4 Å². The van der Waals surface area contributed by atoms with E-state index in [9.17, 15) is 18.0 Å². The predicted molar refractivity (Wildman–Crippen MR) is 113 cm³/mol. The molecule has 0 bridgehead atoms. The van der Waals surface area contributed by atoms with Gasteiger partial charge in [-0.15, -0.1) is 0 Å². The average molecular weight is 426 g/mol. The van der Waals surface area contributed by atoms with E-state index in [1.807, 2.05) is 42.0 Å². The Morgan fingerprint density at radius 1 is 1.00 bits per heavy atom. The molecule has 2 N–H and O–H groups in total. The fourth-order valence-corrected chi connectivity index (χ4v) is 3.39. The van der Waals surface area contributed by atoms with Crippen LogP contribution in [0.5, 0.6) is 0 Å². The fraction of sp³-hybridized carbons (Fsp3) is 0.190. The van der Waals surface area contributed by atoms with Gasteiger partial charge in [-0.3, -0.25) is 14.3 Å². The number of aromatic nitrogens is 2. The second-order valence-corrected chi connectivity index (χ2v) is 8.67.